The highest BCUT2D eigenvalue weighted by atomic mass is 32.2. The molecule has 5 heteroatoms. The third-order valence-electron chi connectivity index (χ3n) is 3.46. The molecule has 1 saturated carbocycles. The number of sulfone groups is 1. The van der Waals surface area contributed by atoms with Gasteiger partial charge in [0, 0.05) is 12.0 Å². The highest BCUT2D eigenvalue weighted by Gasteiger charge is 2.48. The number of nitrogens with one attached hydrogen (secondary N) is 1. The van der Waals surface area contributed by atoms with Crippen molar-refractivity contribution in [1.82, 2.24) is 0 Å². The van der Waals surface area contributed by atoms with Gasteiger partial charge in [0.2, 0.25) is 0 Å². The predicted molar refractivity (Wildman–Crippen MR) is 63.1 cm³/mol. The number of nitrogens with two attached hydrogens (primary N) is 1. The highest BCUT2D eigenvalue weighted by Crippen LogP contribution is 2.50. The van der Waals surface area contributed by atoms with E-state index in [2.05, 4.69) is 5.32 Å². The van der Waals surface area contributed by atoms with Gasteiger partial charge in [0.1, 0.15) is 4.90 Å². The van der Waals surface area contributed by atoms with Crippen molar-refractivity contribution in [2.45, 2.75) is 17.7 Å². The van der Waals surface area contributed by atoms with Gasteiger partial charge >= 0.3 is 0 Å². The minimum Gasteiger partial charge on any atom is -0.398 e. The molecule has 1 aliphatic heterocycles. The molecule has 1 aliphatic carbocycles. The molecule has 4 nitrogen and oxygen atoms in total. The third kappa shape index (κ3) is 1.38. The second-order valence-electron chi connectivity index (χ2n) is 4.84. The van der Waals surface area contributed by atoms with Gasteiger partial charge in [0.25, 0.3) is 0 Å². The summed E-state index contributed by atoms with van der Waals surface area (Å²) in [6.45, 7) is 0.739. The first-order chi connectivity index (χ1) is 7.53. The molecule has 1 heterocycles. The average molecular weight is 238 g/mol. The first-order valence-electron chi connectivity index (χ1n) is 5.38. The maximum absolute atomic E-state index is 12.2. The monoisotopic (exact) mass is 238 g/mol. The van der Waals surface area contributed by atoms with Crippen LogP contribution in [0.1, 0.15) is 12.8 Å². The van der Waals surface area contributed by atoms with E-state index in [0.717, 1.165) is 19.4 Å². The quantitative estimate of drug-likeness (QED) is 0.667. The van der Waals surface area contributed by atoms with Gasteiger partial charge in [-0.25, -0.2) is 8.42 Å². The summed E-state index contributed by atoms with van der Waals surface area (Å²) in [5.41, 5.74) is 6.74. The normalized spacial score (nSPS) is 24.2. The van der Waals surface area contributed by atoms with E-state index < -0.39 is 9.84 Å². The Kier molecular flexibility index (Phi) is 1.81. The minimum atomic E-state index is -3.24. The van der Waals surface area contributed by atoms with Crippen LogP contribution in [0.4, 0.5) is 11.4 Å². The number of hydrogen-bond acceptors (Lipinski definition) is 4. The van der Waals surface area contributed by atoms with Crippen LogP contribution < -0.4 is 11.1 Å². The molecule has 3 rings (SSSR count). The summed E-state index contributed by atoms with van der Waals surface area (Å²) < 4.78 is 24.5. The zero-order valence-electron chi connectivity index (χ0n) is 8.86. The topological polar surface area (TPSA) is 72.2 Å². The zero-order chi connectivity index (χ0) is 11.4. The standard InChI is InChI=1S/C11H14N2O2S/c12-8-2-1-3-9-10(8)16(14,15)7-11(4-5-11)6-13-9/h1-3,13H,4-7,12H2. The minimum absolute atomic E-state index is 0.0374. The zero-order valence-corrected chi connectivity index (χ0v) is 9.68. The van der Waals surface area contributed by atoms with Crippen LogP contribution in [0.3, 0.4) is 0 Å². The number of anilines is 2. The predicted octanol–water partition coefficient (Wildman–Crippen LogP) is 1.25. The van der Waals surface area contributed by atoms with Crippen LogP contribution in [0.5, 0.6) is 0 Å². The van der Waals surface area contributed by atoms with Crippen LogP contribution in [0.2, 0.25) is 0 Å². The molecule has 0 amide bonds. The van der Waals surface area contributed by atoms with Crippen molar-refractivity contribution in [2.75, 3.05) is 23.3 Å². The lowest BCUT2D eigenvalue weighted by Gasteiger charge is -2.09. The fraction of sp³-hybridized carbons (Fsp3) is 0.455. The van der Waals surface area contributed by atoms with Crippen molar-refractivity contribution in [3.05, 3.63) is 18.2 Å². The molecule has 0 aromatic heterocycles. The Morgan fingerprint density at radius 1 is 1.31 bits per heavy atom. The summed E-state index contributed by atoms with van der Waals surface area (Å²) in [4.78, 5) is 0.291. The van der Waals surface area contributed by atoms with Crippen LogP contribution in [0, 0.1) is 5.41 Å². The maximum Gasteiger partial charge on any atom is 0.183 e. The Morgan fingerprint density at radius 2 is 2.06 bits per heavy atom. The van der Waals surface area contributed by atoms with Gasteiger partial charge in [-0.1, -0.05) is 6.07 Å². The van der Waals surface area contributed by atoms with Crippen molar-refractivity contribution in [3.8, 4) is 0 Å². The summed E-state index contributed by atoms with van der Waals surface area (Å²) in [5.74, 6) is 0.230. The SMILES string of the molecule is Nc1cccc2c1S(=O)(=O)CC1(CC1)CN2. The lowest BCUT2D eigenvalue weighted by atomic mass is 10.1. The smallest absolute Gasteiger partial charge is 0.183 e. The molecule has 1 spiro atoms. The summed E-state index contributed by atoms with van der Waals surface area (Å²) in [6.07, 6.45) is 1.99. The van der Waals surface area contributed by atoms with Crippen molar-refractivity contribution in [2.24, 2.45) is 5.41 Å². The van der Waals surface area contributed by atoms with Gasteiger partial charge in [-0.15, -0.1) is 0 Å². The number of hydrogen-bond donors (Lipinski definition) is 2. The summed E-state index contributed by atoms with van der Waals surface area (Å²) in [6, 6.07) is 5.20. The molecule has 0 radical (unpaired) electrons. The molecule has 0 unspecified atom stereocenters. The summed E-state index contributed by atoms with van der Waals surface area (Å²) >= 11 is 0. The largest absolute Gasteiger partial charge is 0.398 e. The first kappa shape index (κ1) is 9.96. The van der Waals surface area contributed by atoms with Gasteiger partial charge in [-0.2, -0.15) is 0 Å². The van der Waals surface area contributed by atoms with E-state index in [1.165, 1.54) is 0 Å². The van der Waals surface area contributed by atoms with Crippen LogP contribution >= 0.6 is 0 Å². The average Bonchev–Trinajstić information content (AvgIpc) is 2.95. The third-order valence-corrected chi connectivity index (χ3v) is 5.53. The molecule has 16 heavy (non-hydrogen) atoms. The lowest BCUT2D eigenvalue weighted by molar-refractivity contribution is 0.563. The van der Waals surface area contributed by atoms with Crippen LogP contribution in [-0.4, -0.2) is 20.7 Å². The first-order valence-corrected chi connectivity index (χ1v) is 7.03. The lowest BCUT2D eigenvalue weighted by Crippen LogP contribution is -2.20. The van der Waals surface area contributed by atoms with Crippen molar-refractivity contribution < 1.29 is 8.42 Å². The Hall–Kier alpha value is -1.23. The van der Waals surface area contributed by atoms with Gasteiger partial charge in [-0.05, 0) is 25.0 Å². The molecule has 0 saturated heterocycles. The molecule has 0 atom stereocenters. The van der Waals surface area contributed by atoms with E-state index in [1.54, 1.807) is 18.2 Å². The number of nitrogen functional groups attached to an aromatic ring is 1. The van der Waals surface area contributed by atoms with Crippen molar-refractivity contribution in [3.63, 3.8) is 0 Å². The number of benzene rings is 1. The van der Waals surface area contributed by atoms with E-state index in [0.29, 0.717) is 16.3 Å². The van der Waals surface area contributed by atoms with E-state index >= 15 is 0 Å². The molecule has 3 N–H and O–H groups in total. The van der Waals surface area contributed by atoms with Gasteiger partial charge in [0.15, 0.2) is 9.84 Å². The Morgan fingerprint density at radius 3 is 2.75 bits per heavy atom. The van der Waals surface area contributed by atoms with Crippen LogP contribution in [-0.2, 0) is 9.84 Å². The molecule has 2 aliphatic rings. The van der Waals surface area contributed by atoms with Gasteiger partial charge in [-0.3, -0.25) is 0 Å². The van der Waals surface area contributed by atoms with Gasteiger partial charge < -0.3 is 11.1 Å². The fourth-order valence-electron chi connectivity index (χ4n) is 2.35. The Balaban J connectivity index is 2.20. The van der Waals surface area contributed by atoms with E-state index in [9.17, 15) is 8.42 Å². The Labute approximate surface area is 94.8 Å². The Bertz CT molecular complexity index is 547. The number of fused-ring (bicyclic) bond motifs is 1. The number of rotatable bonds is 0. The maximum atomic E-state index is 12.2. The second kappa shape index (κ2) is 2.91. The molecule has 86 valence electrons. The molecule has 1 fully saturated rings. The fourth-order valence-corrected chi connectivity index (χ4v) is 4.59. The highest BCUT2D eigenvalue weighted by molar-refractivity contribution is 7.91. The molecular formula is C11H14N2O2S. The van der Waals surface area contributed by atoms with E-state index in [1.807, 2.05) is 0 Å². The second-order valence-corrected chi connectivity index (χ2v) is 6.76. The summed E-state index contributed by atoms with van der Waals surface area (Å²) in [7, 11) is -3.24. The van der Waals surface area contributed by atoms with Crippen LogP contribution in [0.25, 0.3) is 0 Å². The van der Waals surface area contributed by atoms with E-state index in [4.69, 9.17) is 5.73 Å². The van der Waals surface area contributed by atoms with Crippen molar-refractivity contribution in [1.29, 1.82) is 0 Å². The van der Waals surface area contributed by atoms with Crippen molar-refractivity contribution >= 4 is 21.2 Å². The molecular weight excluding hydrogens is 224 g/mol. The van der Waals surface area contributed by atoms with Gasteiger partial charge in [0.05, 0.1) is 17.1 Å². The van der Waals surface area contributed by atoms with Crippen LogP contribution in [0.15, 0.2) is 23.1 Å². The van der Waals surface area contributed by atoms with E-state index in [-0.39, 0.29) is 11.2 Å². The molecule has 1 aromatic rings. The molecule has 0 bridgehead atoms. The molecule has 1 aromatic carbocycles. The summed E-state index contributed by atoms with van der Waals surface area (Å²) in [5, 5.41) is 3.22.